The molecule has 1 aliphatic rings. The van der Waals surface area contributed by atoms with Gasteiger partial charge in [-0.15, -0.1) is 0 Å². The van der Waals surface area contributed by atoms with Gasteiger partial charge in [0.05, 0.1) is 6.54 Å². The van der Waals surface area contributed by atoms with Gasteiger partial charge >= 0.3 is 0 Å². The summed E-state index contributed by atoms with van der Waals surface area (Å²) in [7, 11) is 1.72. The van der Waals surface area contributed by atoms with Crippen LogP contribution in [-0.4, -0.2) is 31.2 Å². The Hall–Kier alpha value is -1.23. The fraction of sp³-hybridized carbons (Fsp3) is 0.625. The molecule has 0 radical (unpaired) electrons. The summed E-state index contributed by atoms with van der Waals surface area (Å²) < 4.78 is 0. The summed E-state index contributed by atoms with van der Waals surface area (Å²) in [5, 5.41) is 5.37. The molecular weight excluding hydrogens is 170 g/mol. The molecule has 72 valence electrons. The van der Waals surface area contributed by atoms with Crippen molar-refractivity contribution in [3.63, 3.8) is 0 Å². The standard InChI is InChI=1S/C8H13N3O2/c1-8(2)6(12)10-5(4-9-3)11-7(8)13/h9H,4H2,1-3H3,(H,10,11,12,13). The van der Waals surface area contributed by atoms with Crippen LogP contribution in [0.1, 0.15) is 13.8 Å². The summed E-state index contributed by atoms with van der Waals surface area (Å²) in [5.41, 5.74) is -1.03. The minimum Gasteiger partial charge on any atom is -0.313 e. The topological polar surface area (TPSA) is 70.6 Å². The number of carbonyl (C=O) groups is 2. The maximum Gasteiger partial charge on any atom is 0.262 e. The molecule has 1 rings (SSSR count). The van der Waals surface area contributed by atoms with Gasteiger partial charge in [-0.1, -0.05) is 0 Å². The quantitative estimate of drug-likeness (QED) is 0.555. The van der Waals surface area contributed by atoms with Gasteiger partial charge in [0.15, 0.2) is 0 Å². The van der Waals surface area contributed by atoms with E-state index in [1.807, 2.05) is 0 Å². The Labute approximate surface area is 76.6 Å². The van der Waals surface area contributed by atoms with E-state index in [1.165, 1.54) is 0 Å². The van der Waals surface area contributed by atoms with Crippen LogP contribution in [0.5, 0.6) is 0 Å². The molecule has 2 N–H and O–H groups in total. The molecule has 0 atom stereocenters. The van der Waals surface area contributed by atoms with Gasteiger partial charge in [-0.05, 0) is 20.9 Å². The average molecular weight is 183 g/mol. The first-order valence-electron chi connectivity index (χ1n) is 4.06. The number of amidine groups is 1. The predicted molar refractivity (Wildman–Crippen MR) is 48.3 cm³/mol. The first kappa shape index (κ1) is 9.85. The molecule has 2 amide bonds. The molecule has 0 aliphatic carbocycles. The van der Waals surface area contributed by atoms with Crippen LogP contribution in [0.15, 0.2) is 4.99 Å². The van der Waals surface area contributed by atoms with Crippen LogP contribution in [0.4, 0.5) is 0 Å². The number of nitrogens with one attached hydrogen (secondary N) is 2. The van der Waals surface area contributed by atoms with E-state index in [0.29, 0.717) is 12.4 Å². The zero-order valence-electron chi connectivity index (χ0n) is 7.97. The molecule has 13 heavy (non-hydrogen) atoms. The first-order valence-corrected chi connectivity index (χ1v) is 4.06. The largest absolute Gasteiger partial charge is 0.313 e. The van der Waals surface area contributed by atoms with E-state index in [2.05, 4.69) is 15.6 Å². The van der Waals surface area contributed by atoms with Gasteiger partial charge in [0.25, 0.3) is 5.91 Å². The molecule has 1 heterocycles. The molecule has 5 nitrogen and oxygen atoms in total. The molecule has 0 fully saturated rings. The predicted octanol–water partition coefficient (Wildman–Crippen LogP) is -0.713. The lowest BCUT2D eigenvalue weighted by Gasteiger charge is -2.25. The molecule has 5 heteroatoms. The highest BCUT2D eigenvalue weighted by Crippen LogP contribution is 2.19. The number of hydrogen-bond acceptors (Lipinski definition) is 3. The van der Waals surface area contributed by atoms with Crippen LogP contribution in [-0.2, 0) is 9.59 Å². The summed E-state index contributed by atoms with van der Waals surface area (Å²) in [6.45, 7) is 3.52. The summed E-state index contributed by atoms with van der Waals surface area (Å²) >= 11 is 0. The van der Waals surface area contributed by atoms with Gasteiger partial charge < -0.3 is 10.6 Å². The minimum atomic E-state index is -1.03. The molecule has 0 aromatic carbocycles. The third-order valence-electron chi connectivity index (χ3n) is 1.94. The molecular formula is C8H13N3O2. The number of hydrogen-bond donors (Lipinski definition) is 2. The first-order chi connectivity index (χ1) is 5.98. The number of likely N-dealkylation sites (N-methyl/N-ethyl adjacent to an activating group) is 1. The molecule has 0 aromatic rings. The minimum absolute atomic E-state index is 0.294. The van der Waals surface area contributed by atoms with E-state index >= 15 is 0 Å². The normalized spacial score (nSPS) is 21.0. The van der Waals surface area contributed by atoms with E-state index in [4.69, 9.17) is 0 Å². The van der Waals surface area contributed by atoms with E-state index in [9.17, 15) is 9.59 Å². The van der Waals surface area contributed by atoms with Crippen LogP contribution in [0, 0.1) is 5.41 Å². The lowest BCUT2D eigenvalue weighted by molar-refractivity contribution is -0.139. The Morgan fingerprint density at radius 1 is 1.46 bits per heavy atom. The Kier molecular flexibility index (Phi) is 2.47. The van der Waals surface area contributed by atoms with E-state index < -0.39 is 5.41 Å². The highest BCUT2D eigenvalue weighted by molar-refractivity contribution is 6.18. The van der Waals surface area contributed by atoms with Gasteiger partial charge in [0, 0.05) is 0 Å². The van der Waals surface area contributed by atoms with Crippen molar-refractivity contribution in [3.8, 4) is 0 Å². The maximum absolute atomic E-state index is 11.4. The summed E-state index contributed by atoms with van der Waals surface area (Å²) in [5.74, 6) is -0.295. The molecule has 0 saturated carbocycles. The smallest absolute Gasteiger partial charge is 0.262 e. The van der Waals surface area contributed by atoms with Crippen molar-refractivity contribution >= 4 is 17.6 Å². The number of carbonyl (C=O) groups excluding carboxylic acids is 2. The van der Waals surface area contributed by atoms with Crippen LogP contribution in [0.3, 0.4) is 0 Å². The van der Waals surface area contributed by atoms with Crippen LogP contribution in [0.25, 0.3) is 0 Å². The lowest BCUT2D eigenvalue weighted by atomic mass is 9.90. The van der Waals surface area contributed by atoms with Crippen molar-refractivity contribution in [2.45, 2.75) is 13.8 Å². The second-order valence-corrected chi connectivity index (χ2v) is 3.47. The van der Waals surface area contributed by atoms with Crippen molar-refractivity contribution in [2.75, 3.05) is 13.6 Å². The number of rotatable bonds is 2. The molecule has 0 unspecified atom stereocenters. The Morgan fingerprint density at radius 3 is 2.54 bits per heavy atom. The second-order valence-electron chi connectivity index (χ2n) is 3.47. The monoisotopic (exact) mass is 183 g/mol. The second kappa shape index (κ2) is 3.26. The highest BCUT2D eigenvalue weighted by atomic mass is 16.2. The molecule has 0 aromatic heterocycles. The Morgan fingerprint density at radius 2 is 2.08 bits per heavy atom. The molecule has 0 bridgehead atoms. The van der Waals surface area contributed by atoms with Gasteiger partial charge in [-0.2, -0.15) is 4.99 Å². The van der Waals surface area contributed by atoms with Crippen LogP contribution in [0.2, 0.25) is 0 Å². The van der Waals surface area contributed by atoms with E-state index in [0.717, 1.165) is 0 Å². The average Bonchev–Trinajstić information content (AvgIpc) is 2.02. The van der Waals surface area contributed by atoms with Crippen LogP contribution < -0.4 is 10.6 Å². The van der Waals surface area contributed by atoms with E-state index in [-0.39, 0.29) is 11.8 Å². The highest BCUT2D eigenvalue weighted by Gasteiger charge is 2.39. The number of aliphatic imine (C=N–C) groups is 1. The van der Waals surface area contributed by atoms with Crippen molar-refractivity contribution in [2.24, 2.45) is 10.4 Å². The maximum atomic E-state index is 11.4. The van der Waals surface area contributed by atoms with Gasteiger partial charge in [-0.25, -0.2) is 0 Å². The summed E-state index contributed by atoms with van der Waals surface area (Å²) in [6, 6.07) is 0. The molecule has 0 saturated heterocycles. The molecule has 1 aliphatic heterocycles. The van der Waals surface area contributed by atoms with Crippen molar-refractivity contribution in [3.05, 3.63) is 0 Å². The Balaban J connectivity index is 2.89. The Bertz CT molecular complexity index is 281. The van der Waals surface area contributed by atoms with Gasteiger partial charge in [0.2, 0.25) is 5.91 Å². The van der Waals surface area contributed by atoms with Crippen LogP contribution >= 0.6 is 0 Å². The third kappa shape index (κ3) is 1.75. The van der Waals surface area contributed by atoms with Gasteiger partial charge in [0.1, 0.15) is 11.3 Å². The summed E-state index contributed by atoms with van der Waals surface area (Å²) in [4.78, 5) is 26.5. The number of nitrogens with zero attached hydrogens (tertiary/aromatic N) is 1. The third-order valence-corrected chi connectivity index (χ3v) is 1.94. The zero-order valence-corrected chi connectivity index (χ0v) is 7.97. The fourth-order valence-electron chi connectivity index (χ4n) is 0.926. The SMILES string of the molecule is CNCC1=NC(=O)C(C)(C)C(=O)N1. The van der Waals surface area contributed by atoms with Crippen molar-refractivity contribution in [1.82, 2.24) is 10.6 Å². The van der Waals surface area contributed by atoms with Crippen molar-refractivity contribution < 1.29 is 9.59 Å². The molecule has 0 spiro atoms. The lowest BCUT2D eigenvalue weighted by Crippen LogP contribution is -2.51. The zero-order chi connectivity index (χ0) is 10.1. The van der Waals surface area contributed by atoms with Crippen molar-refractivity contribution in [1.29, 1.82) is 0 Å². The van der Waals surface area contributed by atoms with Gasteiger partial charge in [-0.3, -0.25) is 9.59 Å². The van der Waals surface area contributed by atoms with E-state index in [1.54, 1.807) is 20.9 Å². The fourth-order valence-corrected chi connectivity index (χ4v) is 0.926. The number of amides is 2. The summed E-state index contributed by atoms with van der Waals surface area (Å²) in [6.07, 6.45) is 0.